The van der Waals surface area contributed by atoms with Crippen LogP contribution < -0.4 is 5.32 Å². The average Bonchev–Trinajstić information content (AvgIpc) is 2.79. The van der Waals surface area contributed by atoms with Crippen molar-refractivity contribution in [3.63, 3.8) is 0 Å². The summed E-state index contributed by atoms with van der Waals surface area (Å²) in [6, 6.07) is 25.8. The quantitative estimate of drug-likeness (QED) is 0.540. The van der Waals surface area contributed by atoms with Gasteiger partial charge in [0.2, 0.25) is 0 Å². The molecule has 0 aliphatic heterocycles. The van der Waals surface area contributed by atoms with Crippen molar-refractivity contribution in [3.05, 3.63) is 107 Å². The van der Waals surface area contributed by atoms with E-state index in [1.54, 1.807) is 12.1 Å². The number of hydrogen-bond acceptors (Lipinski definition) is 4. The molecule has 1 N–H and O–H groups in total. The van der Waals surface area contributed by atoms with Gasteiger partial charge in [-0.15, -0.1) is 0 Å². The Kier molecular flexibility index (Phi) is 7.71. The maximum absolute atomic E-state index is 12.6. The molecule has 1 atom stereocenters. The minimum absolute atomic E-state index is 0.156. The number of amides is 1. The van der Waals surface area contributed by atoms with E-state index in [2.05, 4.69) is 5.32 Å². The van der Waals surface area contributed by atoms with Gasteiger partial charge in [-0.2, -0.15) is 0 Å². The van der Waals surface area contributed by atoms with E-state index in [0.717, 1.165) is 16.7 Å². The lowest BCUT2D eigenvalue weighted by molar-refractivity contribution is -0.128. The highest BCUT2D eigenvalue weighted by molar-refractivity contribution is 5.93. The lowest BCUT2D eigenvalue weighted by Crippen LogP contribution is -2.43. The van der Waals surface area contributed by atoms with E-state index >= 15 is 0 Å². The van der Waals surface area contributed by atoms with Crippen molar-refractivity contribution in [2.24, 2.45) is 0 Å². The van der Waals surface area contributed by atoms with Crippen LogP contribution in [0.4, 0.5) is 0 Å². The minimum Gasteiger partial charge on any atom is -0.452 e. The fourth-order valence-corrected chi connectivity index (χ4v) is 3.28. The first kappa shape index (κ1) is 22.0. The van der Waals surface area contributed by atoms with Crippen LogP contribution in [0.3, 0.4) is 0 Å². The second-order valence-corrected chi connectivity index (χ2v) is 7.32. The summed E-state index contributed by atoms with van der Waals surface area (Å²) in [5, 5.41) is 2.66. The van der Waals surface area contributed by atoms with Gasteiger partial charge in [0.1, 0.15) is 0 Å². The zero-order chi connectivity index (χ0) is 22.1. The summed E-state index contributed by atoms with van der Waals surface area (Å²) < 4.78 is 5.24. The molecule has 0 aliphatic rings. The minimum atomic E-state index is -0.668. The van der Waals surface area contributed by atoms with Crippen molar-refractivity contribution in [2.45, 2.75) is 25.8 Å². The summed E-state index contributed by atoms with van der Waals surface area (Å²) in [6.45, 7) is 0.983. The van der Waals surface area contributed by atoms with E-state index in [4.69, 9.17) is 4.74 Å². The van der Waals surface area contributed by atoms with Crippen LogP contribution >= 0.6 is 0 Å². The Bertz CT molecular complexity index is 1030. The van der Waals surface area contributed by atoms with Crippen LogP contribution in [0.25, 0.3) is 0 Å². The fourth-order valence-electron chi connectivity index (χ4n) is 3.28. The van der Waals surface area contributed by atoms with Crippen LogP contribution in [0.15, 0.2) is 84.9 Å². The molecule has 0 fully saturated rings. The number of benzene rings is 3. The van der Waals surface area contributed by atoms with Gasteiger partial charge in [-0.3, -0.25) is 9.59 Å². The number of carbonyl (C=O) groups excluding carboxylic acids is 3. The summed E-state index contributed by atoms with van der Waals surface area (Å²) in [5.41, 5.74) is 3.26. The summed E-state index contributed by atoms with van der Waals surface area (Å²) in [5.74, 6) is -1.23. The third-order valence-electron chi connectivity index (χ3n) is 4.92. The first-order valence-electron chi connectivity index (χ1n) is 10.2. The largest absolute Gasteiger partial charge is 0.452 e. The fraction of sp³-hybridized carbons (Fsp3) is 0.192. The molecule has 5 heteroatoms. The highest BCUT2D eigenvalue weighted by Gasteiger charge is 2.19. The molecule has 3 aromatic carbocycles. The van der Waals surface area contributed by atoms with Gasteiger partial charge >= 0.3 is 5.97 Å². The Morgan fingerprint density at radius 1 is 0.806 bits per heavy atom. The van der Waals surface area contributed by atoms with E-state index in [1.165, 1.54) is 6.92 Å². The Labute approximate surface area is 182 Å². The Morgan fingerprint density at radius 2 is 1.39 bits per heavy atom. The Morgan fingerprint density at radius 3 is 2.03 bits per heavy atom. The topological polar surface area (TPSA) is 72.5 Å². The van der Waals surface area contributed by atoms with Gasteiger partial charge in [0.15, 0.2) is 12.4 Å². The molecule has 0 heterocycles. The number of ketones is 1. The van der Waals surface area contributed by atoms with Crippen LogP contribution in [0, 0.1) is 0 Å². The molecule has 0 saturated carbocycles. The predicted molar refractivity (Wildman–Crippen MR) is 119 cm³/mol. The zero-order valence-electron chi connectivity index (χ0n) is 17.4. The number of carbonyl (C=O) groups is 3. The first-order valence-corrected chi connectivity index (χ1v) is 10.2. The summed E-state index contributed by atoms with van der Waals surface area (Å²) in [7, 11) is 0. The van der Waals surface area contributed by atoms with Crippen LogP contribution in [0.5, 0.6) is 0 Å². The van der Waals surface area contributed by atoms with Crippen LogP contribution in [0.2, 0.25) is 0 Å². The molecule has 3 rings (SSSR count). The maximum atomic E-state index is 12.6. The van der Waals surface area contributed by atoms with Crippen LogP contribution in [-0.4, -0.2) is 30.3 Å². The summed E-state index contributed by atoms with van der Waals surface area (Å²) in [6.07, 6.45) is 0.970. The highest BCUT2D eigenvalue weighted by Crippen LogP contribution is 2.15. The third-order valence-corrected chi connectivity index (χ3v) is 4.92. The molecule has 0 unspecified atom stereocenters. The SMILES string of the molecule is CC(=O)[C@@H](Cc1ccccc1)NC(=O)COC(=O)c1ccccc1Cc1ccccc1. The van der Waals surface area contributed by atoms with Crippen molar-refractivity contribution in [1.82, 2.24) is 5.32 Å². The van der Waals surface area contributed by atoms with Gasteiger partial charge in [-0.05, 0) is 42.5 Å². The molecule has 0 radical (unpaired) electrons. The number of esters is 1. The molecule has 3 aromatic rings. The molecule has 0 saturated heterocycles. The molecule has 0 spiro atoms. The van der Waals surface area contributed by atoms with Crippen molar-refractivity contribution in [2.75, 3.05) is 6.61 Å². The molecule has 0 aromatic heterocycles. The van der Waals surface area contributed by atoms with Crippen molar-refractivity contribution < 1.29 is 19.1 Å². The van der Waals surface area contributed by atoms with Gasteiger partial charge < -0.3 is 10.1 Å². The smallest absolute Gasteiger partial charge is 0.338 e. The van der Waals surface area contributed by atoms with Crippen LogP contribution in [-0.2, 0) is 27.2 Å². The van der Waals surface area contributed by atoms with Crippen LogP contribution in [0.1, 0.15) is 34.0 Å². The van der Waals surface area contributed by atoms with E-state index < -0.39 is 24.5 Å². The molecule has 0 bridgehead atoms. The Hall–Kier alpha value is -3.73. The molecule has 31 heavy (non-hydrogen) atoms. The van der Waals surface area contributed by atoms with Gasteiger partial charge in [0.05, 0.1) is 11.6 Å². The predicted octanol–water partition coefficient (Wildman–Crippen LogP) is 3.75. The average molecular weight is 415 g/mol. The summed E-state index contributed by atoms with van der Waals surface area (Å²) in [4.78, 5) is 36.9. The number of Topliss-reactive ketones (excluding diaryl/α,β-unsaturated/α-hetero) is 1. The number of nitrogens with one attached hydrogen (secondary N) is 1. The van der Waals surface area contributed by atoms with E-state index in [0.29, 0.717) is 18.4 Å². The van der Waals surface area contributed by atoms with E-state index in [1.807, 2.05) is 72.8 Å². The zero-order valence-corrected chi connectivity index (χ0v) is 17.4. The lowest BCUT2D eigenvalue weighted by Gasteiger charge is -2.16. The second-order valence-electron chi connectivity index (χ2n) is 7.32. The Balaban J connectivity index is 1.58. The van der Waals surface area contributed by atoms with E-state index in [-0.39, 0.29) is 5.78 Å². The van der Waals surface area contributed by atoms with Crippen molar-refractivity contribution in [3.8, 4) is 0 Å². The standard InChI is InChI=1S/C26H25NO4/c1-19(28)24(17-21-12-6-3-7-13-21)27-25(29)18-31-26(30)23-15-9-8-14-22(23)16-20-10-4-2-5-11-20/h2-15,24H,16-18H2,1H3,(H,27,29)/t24-/m1/s1. The molecule has 1 amide bonds. The molecular formula is C26H25NO4. The van der Waals surface area contributed by atoms with Gasteiger partial charge in [-0.1, -0.05) is 78.9 Å². The molecular weight excluding hydrogens is 390 g/mol. The lowest BCUT2D eigenvalue weighted by atomic mass is 10.00. The molecule has 5 nitrogen and oxygen atoms in total. The second kappa shape index (κ2) is 10.9. The van der Waals surface area contributed by atoms with Gasteiger partial charge in [0.25, 0.3) is 5.91 Å². The van der Waals surface area contributed by atoms with E-state index in [9.17, 15) is 14.4 Å². The molecule has 158 valence electrons. The first-order chi connectivity index (χ1) is 15.0. The normalized spacial score (nSPS) is 11.4. The van der Waals surface area contributed by atoms with Crippen molar-refractivity contribution >= 4 is 17.7 Å². The van der Waals surface area contributed by atoms with Gasteiger partial charge in [-0.25, -0.2) is 4.79 Å². The monoisotopic (exact) mass is 415 g/mol. The third kappa shape index (κ3) is 6.64. The van der Waals surface area contributed by atoms with Crippen molar-refractivity contribution in [1.29, 1.82) is 0 Å². The number of rotatable bonds is 9. The number of hydrogen-bond donors (Lipinski definition) is 1. The van der Waals surface area contributed by atoms with Gasteiger partial charge in [0, 0.05) is 0 Å². The molecule has 0 aliphatic carbocycles. The highest BCUT2D eigenvalue weighted by atomic mass is 16.5. The summed E-state index contributed by atoms with van der Waals surface area (Å²) >= 11 is 0. The maximum Gasteiger partial charge on any atom is 0.338 e. The number of ether oxygens (including phenoxy) is 1.